The van der Waals surface area contributed by atoms with Crippen molar-refractivity contribution in [3.05, 3.63) is 24.7 Å². The zero-order valence-corrected chi connectivity index (χ0v) is 15.0. The van der Waals surface area contributed by atoms with Gasteiger partial charge in [0, 0.05) is 6.42 Å². The number of hydrogen-bond acceptors (Lipinski definition) is 2. The molecule has 0 unspecified atom stereocenters. The molecule has 1 rings (SSSR count). The summed E-state index contributed by atoms with van der Waals surface area (Å²) in [5, 5.41) is 8.49. The molecule has 0 saturated carbocycles. The molecule has 0 spiro atoms. The van der Waals surface area contributed by atoms with E-state index in [1.807, 2.05) is 12.1 Å². The Morgan fingerprint density at radius 3 is 1.43 bits per heavy atom. The van der Waals surface area contributed by atoms with E-state index in [-0.39, 0.29) is 0 Å². The summed E-state index contributed by atoms with van der Waals surface area (Å²) in [6, 6.07) is 3.67. The molecule has 1 N–H and O–H groups in total. The molecule has 0 radical (unpaired) electrons. The van der Waals surface area contributed by atoms with Gasteiger partial charge >= 0.3 is 5.97 Å². The van der Waals surface area contributed by atoms with Crippen LogP contribution in [0.3, 0.4) is 0 Å². The molecule has 0 fully saturated rings. The van der Waals surface area contributed by atoms with E-state index >= 15 is 0 Å². The summed E-state index contributed by atoms with van der Waals surface area (Å²) < 4.78 is 4.58. The van der Waals surface area contributed by atoms with Gasteiger partial charge in [0.1, 0.15) is 0 Å². The fourth-order valence-corrected chi connectivity index (χ4v) is 2.52. The molecular formula is C20H36O3. The van der Waals surface area contributed by atoms with Gasteiger partial charge in [-0.05, 0) is 18.6 Å². The van der Waals surface area contributed by atoms with Crippen LogP contribution in [0.2, 0.25) is 0 Å². The first-order chi connectivity index (χ1) is 11.3. The summed E-state index contributed by atoms with van der Waals surface area (Å²) in [6.45, 7) is 2.26. The Hall–Kier alpha value is -1.25. The van der Waals surface area contributed by atoms with Crippen molar-refractivity contribution in [3.63, 3.8) is 0 Å². The highest BCUT2D eigenvalue weighted by Crippen LogP contribution is 2.12. The number of hydrogen-bond donors (Lipinski definition) is 1. The summed E-state index contributed by atoms with van der Waals surface area (Å²) in [4.78, 5) is 10.3. The fraction of sp³-hybridized carbons (Fsp3) is 0.750. The average molecular weight is 325 g/mol. The van der Waals surface area contributed by atoms with Crippen LogP contribution in [0.15, 0.2) is 29.1 Å². The van der Waals surface area contributed by atoms with E-state index < -0.39 is 5.97 Å². The summed E-state index contributed by atoms with van der Waals surface area (Å²) >= 11 is 0. The molecule has 0 aliphatic carbocycles. The van der Waals surface area contributed by atoms with Gasteiger partial charge in [0.15, 0.2) is 0 Å². The first-order valence-electron chi connectivity index (χ1n) is 9.46. The zero-order valence-electron chi connectivity index (χ0n) is 15.0. The molecule has 1 heterocycles. The van der Waals surface area contributed by atoms with Crippen molar-refractivity contribution in [1.82, 2.24) is 0 Å². The standard InChI is InChI=1S/C16H32O2.C4H4O/c1-2-3-4-5-6-7-8-9-10-11-12-13-14-15-16(17)18;1-2-4-5-3-1/h2-15H2,1H3,(H,17,18);1-4H. The first-order valence-corrected chi connectivity index (χ1v) is 9.46. The Kier molecular flexibility index (Phi) is 17.8. The van der Waals surface area contributed by atoms with E-state index in [9.17, 15) is 4.79 Å². The van der Waals surface area contributed by atoms with E-state index in [0.29, 0.717) is 6.42 Å². The highest BCUT2D eigenvalue weighted by atomic mass is 16.4. The van der Waals surface area contributed by atoms with Crippen LogP contribution in [0.1, 0.15) is 96.8 Å². The maximum atomic E-state index is 10.3. The highest BCUT2D eigenvalue weighted by Gasteiger charge is 1.96. The van der Waals surface area contributed by atoms with Gasteiger partial charge < -0.3 is 9.52 Å². The van der Waals surface area contributed by atoms with Gasteiger partial charge in [-0.2, -0.15) is 0 Å². The summed E-state index contributed by atoms with van der Waals surface area (Å²) in [6.07, 6.45) is 20.5. The van der Waals surface area contributed by atoms with E-state index in [1.165, 1.54) is 70.6 Å². The van der Waals surface area contributed by atoms with Crippen LogP contribution in [-0.2, 0) is 4.79 Å². The Morgan fingerprint density at radius 2 is 1.13 bits per heavy atom. The molecular weight excluding hydrogens is 288 g/mol. The van der Waals surface area contributed by atoms with Gasteiger partial charge in [-0.15, -0.1) is 0 Å². The molecule has 0 atom stereocenters. The molecule has 0 amide bonds. The van der Waals surface area contributed by atoms with Crippen molar-refractivity contribution in [1.29, 1.82) is 0 Å². The third-order valence-corrected chi connectivity index (χ3v) is 3.92. The molecule has 1 aromatic heterocycles. The summed E-state index contributed by atoms with van der Waals surface area (Å²) in [7, 11) is 0. The van der Waals surface area contributed by atoms with E-state index in [2.05, 4.69) is 11.3 Å². The third kappa shape index (κ3) is 20.8. The largest absolute Gasteiger partial charge is 0.481 e. The summed E-state index contributed by atoms with van der Waals surface area (Å²) in [5.74, 6) is -0.655. The number of unbranched alkanes of at least 4 members (excludes halogenated alkanes) is 12. The maximum Gasteiger partial charge on any atom is 0.303 e. The van der Waals surface area contributed by atoms with Crippen molar-refractivity contribution in [3.8, 4) is 0 Å². The lowest BCUT2D eigenvalue weighted by molar-refractivity contribution is -0.137. The molecule has 0 aromatic carbocycles. The number of furan rings is 1. The number of carboxylic acids is 1. The van der Waals surface area contributed by atoms with Gasteiger partial charge in [0.25, 0.3) is 0 Å². The molecule has 1 aromatic rings. The Labute approximate surface area is 142 Å². The number of carbonyl (C=O) groups is 1. The lowest BCUT2D eigenvalue weighted by atomic mass is 10.0. The third-order valence-electron chi connectivity index (χ3n) is 3.92. The molecule has 3 heteroatoms. The number of rotatable bonds is 14. The minimum atomic E-state index is -0.655. The Balaban J connectivity index is 0.000000809. The topological polar surface area (TPSA) is 50.4 Å². The minimum absolute atomic E-state index is 0.345. The van der Waals surface area contributed by atoms with Crippen LogP contribution in [0.5, 0.6) is 0 Å². The Bertz CT molecular complexity index is 302. The average Bonchev–Trinajstić information content (AvgIpc) is 3.11. The normalized spacial score (nSPS) is 10.1. The van der Waals surface area contributed by atoms with Crippen molar-refractivity contribution >= 4 is 5.97 Å². The number of carboxylic acid groups (broad SMARTS) is 1. The van der Waals surface area contributed by atoms with Gasteiger partial charge in [-0.3, -0.25) is 4.79 Å². The second-order valence-corrected chi connectivity index (χ2v) is 6.18. The minimum Gasteiger partial charge on any atom is -0.481 e. The smallest absolute Gasteiger partial charge is 0.303 e. The molecule has 0 bridgehead atoms. The van der Waals surface area contributed by atoms with Crippen molar-refractivity contribution in [2.24, 2.45) is 0 Å². The molecule has 0 aliphatic rings. The maximum absolute atomic E-state index is 10.3. The van der Waals surface area contributed by atoms with E-state index in [0.717, 1.165) is 12.8 Å². The van der Waals surface area contributed by atoms with Crippen LogP contribution in [0.25, 0.3) is 0 Å². The molecule has 23 heavy (non-hydrogen) atoms. The first kappa shape index (κ1) is 21.8. The predicted molar refractivity (Wildman–Crippen MR) is 96.7 cm³/mol. The SMILES string of the molecule is CCCCCCCCCCCCCCCC(=O)O.c1ccoc1. The molecule has 134 valence electrons. The van der Waals surface area contributed by atoms with Crippen LogP contribution < -0.4 is 0 Å². The fourth-order valence-electron chi connectivity index (χ4n) is 2.52. The van der Waals surface area contributed by atoms with Crippen LogP contribution in [0.4, 0.5) is 0 Å². The second kappa shape index (κ2) is 18.8. The number of aliphatic carboxylic acids is 1. The van der Waals surface area contributed by atoms with E-state index in [1.54, 1.807) is 12.5 Å². The predicted octanol–water partition coefficient (Wildman–Crippen LogP) is 6.83. The monoisotopic (exact) mass is 324 g/mol. The lowest BCUT2D eigenvalue weighted by Crippen LogP contribution is -1.93. The van der Waals surface area contributed by atoms with Crippen molar-refractivity contribution < 1.29 is 14.3 Å². The highest BCUT2D eigenvalue weighted by molar-refractivity contribution is 5.66. The molecule has 0 saturated heterocycles. The lowest BCUT2D eigenvalue weighted by Gasteiger charge is -2.02. The van der Waals surface area contributed by atoms with Gasteiger partial charge in [-0.1, -0.05) is 84.0 Å². The van der Waals surface area contributed by atoms with Gasteiger partial charge in [0.2, 0.25) is 0 Å². The zero-order chi connectivity index (χ0) is 17.0. The van der Waals surface area contributed by atoms with Crippen LogP contribution in [-0.4, -0.2) is 11.1 Å². The van der Waals surface area contributed by atoms with Gasteiger partial charge in [0.05, 0.1) is 12.5 Å². The second-order valence-electron chi connectivity index (χ2n) is 6.18. The van der Waals surface area contributed by atoms with Crippen molar-refractivity contribution in [2.75, 3.05) is 0 Å². The van der Waals surface area contributed by atoms with Crippen LogP contribution >= 0.6 is 0 Å². The molecule has 0 aliphatic heterocycles. The van der Waals surface area contributed by atoms with Gasteiger partial charge in [-0.25, -0.2) is 0 Å². The van der Waals surface area contributed by atoms with E-state index in [4.69, 9.17) is 5.11 Å². The molecule has 3 nitrogen and oxygen atoms in total. The van der Waals surface area contributed by atoms with Crippen molar-refractivity contribution in [2.45, 2.75) is 96.8 Å². The quantitative estimate of drug-likeness (QED) is 0.381. The summed E-state index contributed by atoms with van der Waals surface area (Å²) in [5.41, 5.74) is 0. The van der Waals surface area contributed by atoms with Crippen LogP contribution in [0, 0.1) is 0 Å². The Morgan fingerprint density at radius 1 is 0.739 bits per heavy atom.